The van der Waals surface area contributed by atoms with Gasteiger partial charge < -0.3 is 5.32 Å². The van der Waals surface area contributed by atoms with Gasteiger partial charge in [0.15, 0.2) is 0 Å². The molecule has 1 heterocycles. The van der Waals surface area contributed by atoms with Gasteiger partial charge in [-0.1, -0.05) is 20.8 Å². The highest BCUT2D eigenvalue weighted by molar-refractivity contribution is 7.87. The molecule has 102 valence electrons. The Bertz CT molecular complexity index is 320. The lowest BCUT2D eigenvalue weighted by molar-refractivity contribution is 0.237. The van der Waals surface area contributed by atoms with Crippen molar-refractivity contribution in [2.45, 2.75) is 33.6 Å². The molecule has 0 saturated carbocycles. The van der Waals surface area contributed by atoms with Gasteiger partial charge in [-0.3, -0.25) is 0 Å². The van der Waals surface area contributed by atoms with E-state index in [9.17, 15) is 8.42 Å². The maximum atomic E-state index is 12.0. The van der Waals surface area contributed by atoms with Crippen molar-refractivity contribution in [2.24, 2.45) is 5.41 Å². The molecule has 1 atom stereocenters. The molecule has 0 bridgehead atoms. The molecule has 1 aliphatic rings. The van der Waals surface area contributed by atoms with Crippen molar-refractivity contribution in [3.63, 3.8) is 0 Å². The van der Waals surface area contributed by atoms with Gasteiger partial charge in [0.25, 0.3) is 10.2 Å². The summed E-state index contributed by atoms with van der Waals surface area (Å²) < 4.78 is 28.1. The number of hydrogen-bond donors (Lipinski definition) is 2. The Labute approximate surface area is 105 Å². The second-order valence-electron chi connectivity index (χ2n) is 5.00. The summed E-state index contributed by atoms with van der Waals surface area (Å²) in [5.41, 5.74) is 0.0402. The van der Waals surface area contributed by atoms with Crippen LogP contribution in [0, 0.1) is 5.41 Å². The van der Waals surface area contributed by atoms with Gasteiger partial charge in [-0.2, -0.15) is 12.7 Å². The third-order valence-corrected chi connectivity index (χ3v) is 5.12. The Morgan fingerprint density at radius 2 is 2.00 bits per heavy atom. The van der Waals surface area contributed by atoms with E-state index in [1.807, 2.05) is 13.8 Å². The Kier molecular flexibility index (Phi) is 5.37. The highest BCUT2D eigenvalue weighted by Gasteiger charge is 2.29. The Hall–Kier alpha value is -0.170. The van der Waals surface area contributed by atoms with Crippen molar-refractivity contribution in [1.29, 1.82) is 0 Å². The SMILES string of the molecule is CCN(CC)S(=O)(=O)NCC1(C)CCCNC1. The summed E-state index contributed by atoms with van der Waals surface area (Å²) in [6.45, 7) is 9.30. The van der Waals surface area contributed by atoms with Crippen molar-refractivity contribution in [3.05, 3.63) is 0 Å². The molecule has 1 unspecified atom stereocenters. The summed E-state index contributed by atoms with van der Waals surface area (Å²) >= 11 is 0. The molecule has 0 aromatic rings. The summed E-state index contributed by atoms with van der Waals surface area (Å²) in [6.07, 6.45) is 2.18. The van der Waals surface area contributed by atoms with Crippen LogP contribution in [0.25, 0.3) is 0 Å². The molecule has 0 amide bonds. The maximum Gasteiger partial charge on any atom is 0.279 e. The number of rotatable bonds is 6. The largest absolute Gasteiger partial charge is 0.316 e. The third kappa shape index (κ3) is 4.21. The van der Waals surface area contributed by atoms with E-state index in [0.29, 0.717) is 19.6 Å². The lowest BCUT2D eigenvalue weighted by atomic mass is 9.83. The fraction of sp³-hybridized carbons (Fsp3) is 1.00. The first kappa shape index (κ1) is 14.9. The molecule has 1 fully saturated rings. The first-order valence-electron chi connectivity index (χ1n) is 6.39. The van der Waals surface area contributed by atoms with Crippen LogP contribution >= 0.6 is 0 Å². The zero-order valence-electron chi connectivity index (χ0n) is 11.1. The summed E-state index contributed by atoms with van der Waals surface area (Å²) in [5.74, 6) is 0. The van der Waals surface area contributed by atoms with Crippen molar-refractivity contribution in [2.75, 3.05) is 32.7 Å². The highest BCUT2D eigenvalue weighted by atomic mass is 32.2. The van der Waals surface area contributed by atoms with Crippen LogP contribution in [-0.2, 0) is 10.2 Å². The van der Waals surface area contributed by atoms with Gasteiger partial charge in [0.2, 0.25) is 0 Å². The molecule has 1 saturated heterocycles. The topological polar surface area (TPSA) is 61.4 Å². The molecule has 0 aromatic carbocycles. The Morgan fingerprint density at radius 1 is 1.35 bits per heavy atom. The molecule has 6 heteroatoms. The molecular weight excluding hydrogens is 238 g/mol. The third-order valence-electron chi connectivity index (χ3n) is 3.41. The van der Waals surface area contributed by atoms with Crippen LogP contribution in [-0.4, -0.2) is 45.4 Å². The molecule has 1 aliphatic heterocycles. The van der Waals surface area contributed by atoms with Gasteiger partial charge in [-0.25, -0.2) is 4.72 Å². The summed E-state index contributed by atoms with van der Waals surface area (Å²) in [4.78, 5) is 0. The first-order chi connectivity index (χ1) is 7.93. The second kappa shape index (κ2) is 6.13. The quantitative estimate of drug-likeness (QED) is 0.736. The minimum atomic E-state index is -3.30. The van der Waals surface area contributed by atoms with Crippen LogP contribution in [0.3, 0.4) is 0 Å². The number of nitrogens with zero attached hydrogens (tertiary/aromatic N) is 1. The molecule has 0 radical (unpaired) electrons. The second-order valence-corrected chi connectivity index (χ2v) is 6.76. The smallest absolute Gasteiger partial charge is 0.279 e. The van der Waals surface area contributed by atoms with Crippen molar-refractivity contribution < 1.29 is 8.42 Å². The molecular formula is C11H25N3O2S. The van der Waals surface area contributed by atoms with E-state index in [0.717, 1.165) is 25.9 Å². The van der Waals surface area contributed by atoms with E-state index in [4.69, 9.17) is 0 Å². The first-order valence-corrected chi connectivity index (χ1v) is 7.83. The summed E-state index contributed by atoms with van der Waals surface area (Å²) in [7, 11) is -3.30. The molecule has 0 aliphatic carbocycles. The predicted molar refractivity (Wildman–Crippen MR) is 70.1 cm³/mol. The fourth-order valence-electron chi connectivity index (χ4n) is 2.19. The minimum Gasteiger partial charge on any atom is -0.316 e. The molecule has 5 nitrogen and oxygen atoms in total. The number of piperidine rings is 1. The normalized spacial score (nSPS) is 26.4. The molecule has 2 N–H and O–H groups in total. The minimum absolute atomic E-state index is 0.0402. The Morgan fingerprint density at radius 3 is 2.47 bits per heavy atom. The molecule has 17 heavy (non-hydrogen) atoms. The molecule has 0 aromatic heterocycles. The zero-order chi connectivity index (χ0) is 12.9. The van der Waals surface area contributed by atoms with E-state index in [2.05, 4.69) is 17.0 Å². The maximum absolute atomic E-state index is 12.0. The predicted octanol–water partition coefficient (Wildman–Crippen LogP) is 0.552. The van der Waals surface area contributed by atoms with E-state index < -0.39 is 10.2 Å². The Balaban J connectivity index is 2.54. The zero-order valence-corrected chi connectivity index (χ0v) is 11.9. The standard InChI is InChI=1S/C11H25N3O2S/c1-4-14(5-2)17(15,16)13-10-11(3)7-6-8-12-9-11/h12-13H,4-10H2,1-3H3. The average Bonchev–Trinajstić information content (AvgIpc) is 2.29. The van der Waals surface area contributed by atoms with Crippen molar-refractivity contribution in [3.8, 4) is 0 Å². The van der Waals surface area contributed by atoms with Crippen molar-refractivity contribution >= 4 is 10.2 Å². The van der Waals surface area contributed by atoms with Gasteiger partial charge in [0.1, 0.15) is 0 Å². The van der Waals surface area contributed by atoms with Crippen LogP contribution < -0.4 is 10.0 Å². The van der Waals surface area contributed by atoms with Gasteiger partial charge in [-0.15, -0.1) is 0 Å². The van der Waals surface area contributed by atoms with Gasteiger partial charge in [-0.05, 0) is 24.8 Å². The molecule has 1 rings (SSSR count). The summed E-state index contributed by atoms with van der Waals surface area (Å²) in [6, 6.07) is 0. The van der Waals surface area contributed by atoms with Crippen molar-refractivity contribution in [1.82, 2.24) is 14.3 Å². The van der Waals surface area contributed by atoms with Gasteiger partial charge in [0, 0.05) is 26.2 Å². The number of nitrogens with one attached hydrogen (secondary N) is 2. The number of hydrogen-bond acceptors (Lipinski definition) is 3. The monoisotopic (exact) mass is 263 g/mol. The van der Waals surface area contributed by atoms with Gasteiger partial charge in [0.05, 0.1) is 0 Å². The van der Waals surface area contributed by atoms with Gasteiger partial charge >= 0.3 is 0 Å². The lowest BCUT2D eigenvalue weighted by Gasteiger charge is -2.34. The summed E-state index contributed by atoms with van der Waals surface area (Å²) in [5, 5.41) is 3.32. The van der Waals surface area contributed by atoms with E-state index in [1.54, 1.807) is 0 Å². The van der Waals surface area contributed by atoms with Crippen LogP contribution in [0.1, 0.15) is 33.6 Å². The van der Waals surface area contributed by atoms with Crippen LogP contribution in [0.4, 0.5) is 0 Å². The van der Waals surface area contributed by atoms with Crippen LogP contribution in [0.2, 0.25) is 0 Å². The average molecular weight is 263 g/mol. The van der Waals surface area contributed by atoms with E-state index in [1.165, 1.54) is 4.31 Å². The fourth-order valence-corrected chi connectivity index (χ4v) is 3.58. The van der Waals surface area contributed by atoms with E-state index >= 15 is 0 Å². The lowest BCUT2D eigenvalue weighted by Crippen LogP contribution is -2.49. The highest BCUT2D eigenvalue weighted by Crippen LogP contribution is 2.24. The van der Waals surface area contributed by atoms with E-state index in [-0.39, 0.29) is 5.41 Å². The van der Waals surface area contributed by atoms with Crippen LogP contribution in [0.15, 0.2) is 0 Å². The van der Waals surface area contributed by atoms with Crippen LogP contribution in [0.5, 0.6) is 0 Å². The molecule has 0 spiro atoms.